The van der Waals surface area contributed by atoms with Crippen molar-refractivity contribution in [3.63, 3.8) is 0 Å². The van der Waals surface area contributed by atoms with E-state index in [9.17, 15) is 0 Å². The summed E-state index contributed by atoms with van der Waals surface area (Å²) >= 11 is 0. The zero-order valence-electron chi connectivity index (χ0n) is 14.7. The van der Waals surface area contributed by atoms with Crippen molar-refractivity contribution in [1.29, 1.82) is 0 Å². The summed E-state index contributed by atoms with van der Waals surface area (Å²) < 4.78 is 28.6. The van der Waals surface area contributed by atoms with Gasteiger partial charge < -0.3 is 28.1 Å². The van der Waals surface area contributed by atoms with Crippen LogP contribution in [0.15, 0.2) is 0 Å². The highest BCUT2D eigenvalue weighted by Gasteiger charge is 2.44. The molecule has 0 amide bonds. The molecule has 1 rings (SSSR count). The number of rotatable bonds is 10. The molecule has 0 saturated carbocycles. The maximum atomic E-state index is 6.77. The van der Waals surface area contributed by atoms with Crippen LogP contribution < -0.4 is 0 Å². The second kappa shape index (κ2) is 9.93. The van der Waals surface area contributed by atoms with Crippen LogP contribution in [-0.2, 0) is 23.3 Å². The van der Waals surface area contributed by atoms with Crippen molar-refractivity contribution in [3.8, 4) is 0 Å². The first-order valence-electron chi connectivity index (χ1n) is 7.79. The SMILES string of the molecule is [B][C@@H]1O[C@H](CC)C(OP(C)OCC[N+]#[C-])[C@@H]1OCC(C)(C)OC. The Labute approximate surface area is 142 Å². The molecule has 5 atom stereocenters. The van der Waals surface area contributed by atoms with Crippen LogP contribution >= 0.6 is 8.38 Å². The van der Waals surface area contributed by atoms with Crippen molar-refractivity contribution in [1.82, 2.24) is 0 Å². The van der Waals surface area contributed by atoms with Gasteiger partial charge in [0.25, 0.3) is 0 Å². The summed E-state index contributed by atoms with van der Waals surface area (Å²) in [6.07, 6.45) is -0.0116. The predicted octanol–water partition coefficient (Wildman–Crippen LogP) is 2.36. The highest BCUT2D eigenvalue weighted by molar-refractivity contribution is 7.46. The smallest absolute Gasteiger partial charge is 0.238 e. The summed E-state index contributed by atoms with van der Waals surface area (Å²) in [5.41, 5.74) is -0.405. The lowest BCUT2D eigenvalue weighted by molar-refractivity contribution is -0.0947. The Kier molecular flexibility index (Phi) is 8.99. The van der Waals surface area contributed by atoms with E-state index in [0.717, 1.165) is 6.42 Å². The van der Waals surface area contributed by atoms with Crippen LogP contribution in [0.1, 0.15) is 27.2 Å². The molecule has 6 nitrogen and oxygen atoms in total. The topological polar surface area (TPSA) is 50.5 Å². The van der Waals surface area contributed by atoms with Crippen LogP contribution in [-0.4, -0.2) is 71.3 Å². The van der Waals surface area contributed by atoms with Gasteiger partial charge in [0.15, 0.2) is 8.38 Å². The lowest BCUT2D eigenvalue weighted by atomic mass is 9.92. The van der Waals surface area contributed by atoms with Crippen LogP contribution in [0.25, 0.3) is 4.85 Å². The third-order valence-corrected chi connectivity index (χ3v) is 4.76. The normalized spacial score (nSPS) is 29.4. The molecule has 0 aromatic carbocycles. The fourth-order valence-electron chi connectivity index (χ4n) is 2.17. The molecule has 0 spiro atoms. The minimum atomic E-state index is -1.11. The Hall–Kier alpha value is -0.215. The van der Waals surface area contributed by atoms with E-state index in [1.54, 1.807) is 7.11 Å². The quantitative estimate of drug-likeness (QED) is 0.264. The van der Waals surface area contributed by atoms with Gasteiger partial charge in [-0.2, -0.15) is 0 Å². The van der Waals surface area contributed by atoms with Gasteiger partial charge in [-0.25, -0.2) is 6.57 Å². The van der Waals surface area contributed by atoms with E-state index in [-0.39, 0.29) is 18.3 Å². The molecule has 1 aliphatic heterocycles. The maximum absolute atomic E-state index is 6.77. The largest absolute Gasteiger partial charge is 0.379 e. The zero-order valence-corrected chi connectivity index (χ0v) is 15.5. The van der Waals surface area contributed by atoms with Gasteiger partial charge in [-0.05, 0) is 20.3 Å². The Bertz CT molecular complexity index is 393. The van der Waals surface area contributed by atoms with Crippen molar-refractivity contribution in [3.05, 3.63) is 11.4 Å². The van der Waals surface area contributed by atoms with Gasteiger partial charge in [-0.1, -0.05) is 6.92 Å². The van der Waals surface area contributed by atoms with E-state index in [2.05, 4.69) is 4.85 Å². The van der Waals surface area contributed by atoms with Crippen molar-refractivity contribution in [2.75, 3.05) is 33.5 Å². The first-order valence-corrected chi connectivity index (χ1v) is 9.41. The summed E-state index contributed by atoms with van der Waals surface area (Å²) in [6, 6.07) is -0.538. The zero-order chi connectivity index (χ0) is 17.5. The molecule has 1 saturated heterocycles. The third kappa shape index (κ3) is 6.66. The number of methoxy groups -OCH3 is 1. The number of hydrogen-bond donors (Lipinski definition) is 0. The van der Waals surface area contributed by atoms with Gasteiger partial charge in [-0.3, -0.25) is 0 Å². The molecule has 0 N–H and O–H groups in total. The molecule has 2 unspecified atom stereocenters. The molecular weight excluding hydrogens is 316 g/mol. The van der Waals surface area contributed by atoms with Crippen LogP contribution in [0.2, 0.25) is 0 Å². The molecule has 1 aliphatic rings. The molecule has 130 valence electrons. The summed E-state index contributed by atoms with van der Waals surface area (Å²) in [4.78, 5) is 3.26. The molecule has 0 aromatic heterocycles. The maximum Gasteiger partial charge on any atom is 0.238 e. The average Bonchev–Trinajstić information content (AvgIpc) is 2.81. The van der Waals surface area contributed by atoms with E-state index in [0.29, 0.717) is 19.8 Å². The molecule has 0 bridgehead atoms. The predicted molar refractivity (Wildman–Crippen MR) is 90.7 cm³/mol. The van der Waals surface area contributed by atoms with Gasteiger partial charge >= 0.3 is 0 Å². The summed E-state index contributed by atoms with van der Waals surface area (Å²) in [6.45, 7) is 15.6. The Balaban J connectivity index is 2.63. The van der Waals surface area contributed by atoms with Crippen LogP contribution in [0.5, 0.6) is 0 Å². The van der Waals surface area contributed by atoms with Crippen molar-refractivity contribution < 1.29 is 23.3 Å². The molecule has 0 aromatic rings. The Morgan fingerprint density at radius 3 is 2.61 bits per heavy atom. The van der Waals surface area contributed by atoms with Gasteiger partial charge in [0.1, 0.15) is 26.7 Å². The molecular formula is C15H27BNO5P. The summed E-state index contributed by atoms with van der Waals surface area (Å²) in [5, 5.41) is 0. The van der Waals surface area contributed by atoms with Gasteiger partial charge in [0.05, 0.1) is 18.3 Å². The Morgan fingerprint density at radius 1 is 1.35 bits per heavy atom. The number of nitrogens with zero attached hydrogens (tertiary/aromatic N) is 1. The second-order valence-electron chi connectivity index (χ2n) is 6.01. The fourth-order valence-corrected chi connectivity index (χ4v) is 3.17. The van der Waals surface area contributed by atoms with E-state index in [1.807, 2.05) is 27.4 Å². The molecule has 1 heterocycles. The van der Waals surface area contributed by atoms with Crippen LogP contribution in [0.4, 0.5) is 0 Å². The fraction of sp³-hybridized carbons (Fsp3) is 0.933. The van der Waals surface area contributed by atoms with Crippen molar-refractivity contribution in [2.45, 2.75) is 57.1 Å². The van der Waals surface area contributed by atoms with E-state index >= 15 is 0 Å². The highest BCUT2D eigenvalue weighted by atomic mass is 31.2. The molecule has 2 radical (unpaired) electrons. The first-order chi connectivity index (χ1) is 10.8. The number of hydrogen-bond acceptors (Lipinski definition) is 5. The minimum absolute atomic E-state index is 0.130. The van der Waals surface area contributed by atoms with Crippen molar-refractivity contribution in [2.24, 2.45) is 0 Å². The van der Waals surface area contributed by atoms with Gasteiger partial charge in [-0.15, -0.1) is 0 Å². The molecule has 0 aliphatic carbocycles. The van der Waals surface area contributed by atoms with E-state index in [4.69, 9.17) is 37.7 Å². The van der Waals surface area contributed by atoms with Crippen LogP contribution in [0.3, 0.4) is 0 Å². The second-order valence-corrected chi connectivity index (χ2v) is 7.36. The Morgan fingerprint density at radius 2 is 2.04 bits per heavy atom. The minimum Gasteiger partial charge on any atom is -0.379 e. The lowest BCUT2D eigenvalue weighted by Gasteiger charge is -2.30. The average molecular weight is 343 g/mol. The first kappa shape index (κ1) is 20.8. The monoisotopic (exact) mass is 343 g/mol. The lowest BCUT2D eigenvalue weighted by Crippen LogP contribution is -2.41. The summed E-state index contributed by atoms with van der Waals surface area (Å²) in [5.74, 6) is 0. The van der Waals surface area contributed by atoms with Crippen molar-refractivity contribution >= 4 is 16.2 Å². The highest BCUT2D eigenvalue weighted by Crippen LogP contribution is 2.41. The number of ether oxygens (including phenoxy) is 3. The summed E-state index contributed by atoms with van der Waals surface area (Å²) in [7, 11) is 6.59. The van der Waals surface area contributed by atoms with E-state index in [1.165, 1.54) is 0 Å². The molecule has 8 heteroatoms. The third-order valence-electron chi connectivity index (χ3n) is 3.67. The standard InChI is InChI=1S/C15H27BNO5P/c1-7-11-12(22-23(6)20-9-8-17-4)13(14(16)21-11)19-10-15(2,3)18-5/h11-14H,7-10H2,1-3,5-6H3/t11-,12?,13+,14-,23?/m1/s1. The van der Waals surface area contributed by atoms with Gasteiger partial charge in [0.2, 0.25) is 6.54 Å². The van der Waals surface area contributed by atoms with Crippen LogP contribution in [0, 0.1) is 6.57 Å². The van der Waals surface area contributed by atoms with E-state index < -0.39 is 20.0 Å². The molecule has 1 fully saturated rings. The van der Waals surface area contributed by atoms with Gasteiger partial charge in [0, 0.05) is 19.8 Å². The molecule has 23 heavy (non-hydrogen) atoms.